The highest BCUT2D eigenvalue weighted by Gasteiger charge is 2.15. The monoisotopic (exact) mass is 399 g/mol. The average molecular weight is 399 g/mol. The summed E-state index contributed by atoms with van der Waals surface area (Å²) in [5.41, 5.74) is 2.57. The molecule has 1 N–H and O–H groups in total. The van der Waals surface area contributed by atoms with E-state index in [0.29, 0.717) is 25.2 Å². The number of amides is 2. The third-order valence-electron chi connectivity index (χ3n) is 4.43. The van der Waals surface area contributed by atoms with Crippen molar-refractivity contribution in [1.82, 2.24) is 9.88 Å². The van der Waals surface area contributed by atoms with Crippen molar-refractivity contribution in [1.29, 1.82) is 0 Å². The standard InChI is InChI=1S/C20H21N3O4S/c1-23(13-14-3-7-17(8-4-14)28(2,26)27)19(25)10-5-15-11-16-6-9-18(24)22-20(16)21-12-15/h3-5,7-8,10-12H,6,9,13H2,1-2H3,(H,21,22,24). The molecule has 146 valence electrons. The lowest BCUT2D eigenvalue weighted by atomic mass is 10.0. The van der Waals surface area contributed by atoms with Crippen LogP contribution in [0.3, 0.4) is 0 Å². The Balaban J connectivity index is 1.63. The summed E-state index contributed by atoms with van der Waals surface area (Å²) in [6.45, 7) is 0.363. The molecule has 1 aromatic heterocycles. The number of nitrogens with one attached hydrogen (secondary N) is 1. The first kappa shape index (κ1) is 19.8. The number of likely N-dealkylation sites (N-methyl/N-ethyl adjacent to an activating group) is 1. The molecule has 28 heavy (non-hydrogen) atoms. The van der Waals surface area contributed by atoms with Gasteiger partial charge < -0.3 is 10.2 Å². The van der Waals surface area contributed by atoms with Crippen LogP contribution in [0.15, 0.2) is 47.5 Å². The van der Waals surface area contributed by atoms with Crippen LogP contribution in [-0.2, 0) is 32.4 Å². The Hall–Kier alpha value is -3.00. The van der Waals surface area contributed by atoms with E-state index in [1.807, 2.05) is 6.07 Å². The maximum atomic E-state index is 12.3. The first-order valence-corrected chi connectivity index (χ1v) is 10.6. The van der Waals surface area contributed by atoms with Crippen LogP contribution in [0.1, 0.15) is 23.1 Å². The number of carbonyl (C=O) groups is 2. The maximum absolute atomic E-state index is 12.3. The number of aryl methyl sites for hydroxylation is 1. The minimum Gasteiger partial charge on any atom is -0.338 e. The van der Waals surface area contributed by atoms with Crippen LogP contribution in [0.2, 0.25) is 0 Å². The van der Waals surface area contributed by atoms with Crippen molar-refractivity contribution in [2.45, 2.75) is 24.3 Å². The molecule has 0 saturated carbocycles. The van der Waals surface area contributed by atoms with Crippen molar-refractivity contribution in [3.63, 3.8) is 0 Å². The molecule has 1 aromatic carbocycles. The maximum Gasteiger partial charge on any atom is 0.246 e. The Kier molecular flexibility index (Phi) is 5.60. The molecule has 0 saturated heterocycles. The molecule has 0 bridgehead atoms. The molecule has 7 nitrogen and oxygen atoms in total. The molecule has 0 spiro atoms. The summed E-state index contributed by atoms with van der Waals surface area (Å²) in [5, 5.41) is 2.72. The van der Waals surface area contributed by atoms with Crippen LogP contribution in [0.5, 0.6) is 0 Å². The van der Waals surface area contributed by atoms with Crippen LogP contribution >= 0.6 is 0 Å². The summed E-state index contributed by atoms with van der Waals surface area (Å²) < 4.78 is 23.0. The van der Waals surface area contributed by atoms with Gasteiger partial charge in [0.1, 0.15) is 5.82 Å². The SMILES string of the molecule is CN(Cc1ccc(S(C)(=O)=O)cc1)C(=O)C=Cc1cnc2c(c1)CCC(=O)N2. The number of rotatable bonds is 5. The predicted molar refractivity (Wildman–Crippen MR) is 106 cm³/mol. The number of benzene rings is 1. The van der Waals surface area contributed by atoms with Crippen LogP contribution < -0.4 is 5.32 Å². The van der Waals surface area contributed by atoms with Crippen LogP contribution in [0.25, 0.3) is 6.08 Å². The minimum absolute atomic E-state index is 0.0373. The summed E-state index contributed by atoms with van der Waals surface area (Å²) in [6, 6.07) is 8.39. The topological polar surface area (TPSA) is 96.4 Å². The number of sulfone groups is 1. The van der Waals surface area contributed by atoms with Gasteiger partial charge in [-0.3, -0.25) is 9.59 Å². The van der Waals surface area contributed by atoms with E-state index in [1.54, 1.807) is 31.5 Å². The zero-order valence-electron chi connectivity index (χ0n) is 15.7. The minimum atomic E-state index is -3.23. The zero-order chi connectivity index (χ0) is 20.3. The van der Waals surface area contributed by atoms with Gasteiger partial charge >= 0.3 is 0 Å². The number of aromatic nitrogens is 1. The van der Waals surface area contributed by atoms with Gasteiger partial charge in [-0.25, -0.2) is 13.4 Å². The molecular weight excluding hydrogens is 378 g/mol. The average Bonchev–Trinajstić information content (AvgIpc) is 2.65. The zero-order valence-corrected chi connectivity index (χ0v) is 16.5. The van der Waals surface area contributed by atoms with Gasteiger partial charge in [0.05, 0.1) is 4.90 Å². The highest BCUT2D eigenvalue weighted by atomic mass is 32.2. The highest BCUT2D eigenvalue weighted by Crippen LogP contribution is 2.21. The molecule has 2 aromatic rings. The van der Waals surface area contributed by atoms with E-state index < -0.39 is 9.84 Å². The summed E-state index contributed by atoms with van der Waals surface area (Å²) in [4.78, 5) is 29.7. The molecule has 0 fully saturated rings. The van der Waals surface area contributed by atoms with E-state index in [1.165, 1.54) is 23.1 Å². The van der Waals surface area contributed by atoms with E-state index in [9.17, 15) is 18.0 Å². The van der Waals surface area contributed by atoms with E-state index in [4.69, 9.17) is 0 Å². The first-order chi connectivity index (χ1) is 13.2. The molecule has 8 heteroatoms. The molecule has 0 radical (unpaired) electrons. The molecule has 2 amide bonds. The van der Waals surface area contributed by atoms with Gasteiger partial charge in [-0.1, -0.05) is 12.1 Å². The largest absolute Gasteiger partial charge is 0.338 e. The van der Waals surface area contributed by atoms with Crippen molar-refractivity contribution in [3.05, 3.63) is 59.3 Å². The molecule has 2 heterocycles. The Bertz CT molecular complexity index is 1040. The molecular formula is C20H21N3O4S. The highest BCUT2D eigenvalue weighted by molar-refractivity contribution is 7.90. The third kappa shape index (κ3) is 4.83. The van der Waals surface area contributed by atoms with Gasteiger partial charge in [0.15, 0.2) is 9.84 Å². The second-order valence-corrected chi connectivity index (χ2v) is 8.78. The molecule has 0 aliphatic carbocycles. The van der Waals surface area contributed by atoms with Crippen LogP contribution in [0, 0.1) is 0 Å². The lowest BCUT2D eigenvalue weighted by Crippen LogP contribution is -2.24. The van der Waals surface area contributed by atoms with Crippen molar-refractivity contribution in [2.75, 3.05) is 18.6 Å². The van der Waals surface area contributed by atoms with Crippen molar-refractivity contribution in [3.8, 4) is 0 Å². The van der Waals surface area contributed by atoms with Gasteiger partial charge in [0.2, 0.25) is 11.8 Å². The predicted octanol–water partition coefficient (Wildman–Crippen LogP) is 2.04. The quantitative estimate of drug-likeness (QED) is 0.776. The summed E-state index contributed by atoms with van der Waals surface area (Å²) in [7, 11) is -1.56. The third-order valence-corrected chi connectivity index (χ3v) is 5.56. The lowest BCUT2D eigenvalue weighted by Gasteiger charge is -2.16. The van der Waals surface area contributed by atoms with Gasteiger partial charge in [0, 0.05) is 38.5 Å². The van der Waals surface area contributed by atoms with E-state index >= 15 is 0 Å². The smallest absolute Gasteiger partial charge is 0.246 e. The number of carbonyl (C=O) groups excluding carboxylic acids is 2. The van der Waals surface area contributed by atoms with Crippen LogP contribution in [0.4, 0.5) is 5.82 Å². The fourth-order valence-corrected chi connectivity index (χ4v) is 3.48. The first-order valence-electron chi connectivity index (χ1n) is 8.73. The second-order valence-electron chi connectivity index (χ2n) is 6.77. The van der Waals surface area contributed by atoms with Crippen LogP contribution in [-0.4, -0.2) is 43.4 Å². The van der Waals surface area contributed by atoms with E-state index in [2.05, 4.69) is 10.3 Å². The number of anilines is 1. The fraction of sp³-hybridized carbons (Fsp3) is 0.250. The Morgan fingerprint density at radius 2 is 1.96 bits per heavy atom. The van der Waals surface area contributed by atoms with E-state index in [-0.39, 0.29) is 16.7 Å². The van der Waals surface area contributed by atoms with Crippen molar-refractivity contribution >= 4 is 33.5 Å². The Morgan fingerprint density at radius 3 is 2.64 bits per heavy atom. The van der Waals surface area contributed by atoms with Gasteiger partial charge in [0.25, 0.3) is 0 Å². The summed E-state index contributed by atoms with van der Waals surface area (Å²) >= 11 is 0. The summed E-state index contributed by atoms with van der Waals surface area (Å²) in [5.74, 6) is 0.359. The molecule has 1 aliphatic rings. The van der Waals surface area contributed by atoms with Gasteiger partial charge in [-0.2, -0.15) is 0 Å². The summed E-state index contributed by atoms with van der Waals surface area (Å²) in [6.07, 6.45) is 6.99. The number of pyridine rings is 1. The van der Waals surface area contributed by atoms with E-state index in [0.717, 1.165) is 22.9 Å². The van der Waals surface area contributed by atoms with Crippen molar-refractivity contribution < 1.29 is 18.0 Å². The van der Waals surface area contributed by atoms with Gasteiger partial charge in [-0.05, 0) is 47.4 Å². The Morgan fingerprint density at radius 1 is 1.25 bits per heavy atom. The number of fused-ring (bicyclic) bond motifs is 1. The number of nitrogens with zero attached hydrogens (tertiary/aromatic N) is 2. The number of hydrogen-bond acceptors (Lipinski definition) is 5. The normalized spacial score (nSPS) is 13.9. The molecule has 1 aliphatic heterocycles. The fourth-order valence-electron chi connectivity index (χ4n) is 2.85. The molecule has 0 atom stereocenters. The number of hydrogen-bond donors (Lipinski definition) is 1. The Labute approximate surface area is 164 Å². The second kappa shape index (κ2) is 7.93. The van der Waals surface area contributed by atoms with Gasteiger partial charge in [-0.15, -0.1) is 0 Å². The molecule has 3 rings (SSSR count). The van der Waals surface area contributed by atoms with Crippen molar-refractivity contribution in [2.24, 2.45) is 0 Å². The molecule has 0 unspecified atom stereocenters. The lowest BCUT2D eigenvalue weighted by molar-refractivity contribution is -0.125.